The fourth-order valence-electron chi connectivity index (χ4n) is 10.1. The molecule has 0 spiro atoms. The third kappa shape index (κ3) is 32.7. The zero-order valence-electron chi connectivity index (χ0n) is 52.1. The Morgan fingerprint density at radius 2 is 0.602 bits per heavy atom. The highest BCUT2D eigenvalue weighted by molar-refractivity contribution is 6.25. The molecule has 0 aliphatic rings. The van der Waals surface area contributed by atoms with Gasteiger partial charge in [-0.2, -0.15) is 0 Å². The Kier molecular flexibility index (Phi) is 41.6. The quantitative estimate of drug-likeness (QED) is 0.0206. The molecule has 472 valence electrons. The Balaban J connectivity index is 2.88. The lowest BCUT2D eigenvalue weighted by molar-refractivity contribution is -0.126. The summed E-state index contributed by atoms with van der Waals surface area (Å²) in [7, 11) is 0. The fourth-order valence-corrected chi connectivity index (χ4v) is 10.6. The number of ether oxygens (including phenoxy) is 4. The van der Waals surface area contributed by atoms with Crippen molar-refractivity contribution in [3.05, 3.63) is 59.7 Å². The molecule has 0 bridgehead atoms. The van der Waals surface area contributed by atoms with E-state index in [0.29, 0.717) is 86.8 Å². The Bertz CT molecular complexity index is 1980. The van der Waals surface area contributed by atoms with E-state index >= 15 is 19.2 Å². The van der Waals surface area contributed by atoms with Gasteiger partial charge in [-0.15, -0.1) is 46.4 Å². The molecule has 0 heterocycles. The van der Waals surface area contributed by atoms with Gasteiger partial charge in [0, 0.05) is 21.5 Å². The Morgan fingerprint density at radius 3 is 0.867 bits per heavy atom. The molecule has 0 aliphatic carbocycles. The molecule has 83 heavy (non-hydrogen) atoms. The van der Waals surface area contributed by atoms with Crippen molar-refractivity contribution in [1.82, 2.24) is 0 Å². The van der Waals surface area contributed by atoms with Gasteiger partial charge in [0.25, 0.3) is 0 Å². The summed E-state index contributed by atoms with van der Waals surface area (Å²) >= 11 is 25.8. The van der Waals surface area contributed by atoms with Crippen molar-refractivity contribution in [3.8, 4) is 0 Å². The largest absolute Gasteiger partial charge is 0.459 e. The molecule has 8 unspecified atom stereocenters. The number of carbonyl (C=O) groups excluding carboxylic acids is 6. The van der Waals surface area contributed by atoms with Crippen LogP contribution in [0.2, 0.25) is 0 Å². The van der Waals surface area contributed by atoms with Crippen LogP contribution in [0.25, 0.3) is 0 Å². The number of amides is 4. The molecule has 2 rings (SSSR count). The molecule has 12 nitrogen and oxygen atoms in total. The van der Waals surface area contributed by atoms with Crippen LogP contribution in [0.1, 0.15) is 288 Å². The molecule has 8 atom stereocenters. The second-order valence-corrected chi connectivity index (χ2v) is 26.0. The maximum absolute atomic E-state index is 15.3. The lowest BCUT2D eigenvalue weighted by Crippen LogP contribution is -2.46. The van der Waals surface area contributed by atoms with Crippen molar-refractivity contribution in [2.75, 3.05) is 9.80 Å². The summed E-state index contributed by atoms with van der Waals surface area (Å²) in [5.41, 5.74) is -0.533. The summed E-state index contributed by atoms with van der Waals surface area (Å²) in [4.78, 5) is 91.3. The van der Waals surface area contributed by atoms with E-state index in [1.165, 1.54) is 24.3 Å². The highest BCUT2D eigenvalue weighted by Gasteiger charge is 2.38. The maximum atomic E-state index is 15.3. The second-order valence-electron chi connectivity index (χ2n) is 23.0. The minimum absolute atomic E-state index is 0.103. The van der Waals surface area contributed by atoms with Gasteiger partial charge in [-0.3, -0.25) is 9.59 Å². The molecule has 4 amide bonds. The van der Waals surface area contributed by atoms with E-state index < -0.39 is 66.8 Å². The number of esters is 2. The molecule has 0 saturated heterocycles. The van der Waals surface area contributed by atoms with Crippen molar-refractivity contribution < 1.29 is 47.7 Å². The first-order valence-electron chi connectivity index (χ1n) is 32.1. The minimum Gasteiger partial charge on any atom is -0.459 e. The summed E-state index contributed by atoms with van der Waals surface area (Å²) in [5.74, 6) is -3.75. The van der Waals surface area contributed by atoms with E-state index in [0.717, 1.165) is 128 Å². The van der Waals surface area contributed by atoms with Crippen molar-refractivity contribution >= 4 is 93.7 Å². The number of hydrogen-bond donors (Lipinski definition) is 0. The summed E-state index contributed by atoms with van der Waals surface area (Å²) in [6.45, 7) is 16.1. The Hall–Kier alpha value is -3.58. The smallest absolute Gasteiger partial charge is 0.421 e. The van der Waals surface area contributed by atoms with Gasteiger partial charge in [-0.1, -0.05) is 155 Å². The van der Waals surface area contributed by atoms with Gasteiger partial charge < -0.3 is 18.9 Å². The van der Waals surface area contributed by atoms with Crippen LogP contribution in [-0.2, 0) is 28.5 Å². The lowest BCUT2D eigenvalue weighted by Gasteiger charge is -2.28. The predicted octanol–water partition coefficient (Wildman–Crippen LogP) is 20.6. The van der Waals surface area contributed by atoms with E-state index in [9.17, 15) is 9.59 Å². The molecule has 2 aromatic carbocycles. The lowest BCUT2D eigenvalue weighted by atomic mass is 10.0. The first kappa shape index (κ1) is 75.5. The highest BCUT2D eigenvalue weighted by atomic mass is 35.5. The van der Waals surface area contributed by atoms with Crippen LogP contribution in [0.15, 0.2) is 48.5 Å². The first-order chi connectivity index (χ1) is 39.9. The van der Waals surface area contributed by atoms with E-state index in [4.69, 9.17) is 65.4 Å². The fraction of sp³-hybridized carbons (Fsp3) is 0.731. The summed E-state index contributed by atoms with van der Waals surface area (Å²) in [6.07, 6.45) is 20.1. The van der Waals surface area contributed by atoms with Crippen LogP contribution in [0.3, 0.4) is 0 Å². The topological polar surface area (TPSA) is 146 Å². The van der Waals surface area contributed by atoms with Crippen molar-refractivity contribution in [1.29, 1.82) is 0 Å². The number of benzene rings is 2. The molecule has 0 saturated carbocycles. The van der Waals surface area contributed by atoms with Gasteiger partial charge in [0.1, 0.15) is 30.8 Å². The Morgan fingerprint density at radius 1 is 0.349 bits per heavy atom. The number of imide groups is 2. The van der Waals surface area contributed by atoms with E-state index in [1.54, 1.807) is 24.3 Å². The molecule has 2 aromatic rings. The van der Waals surface area contributed by atoms with Gasteiger partial charge in [0.2, 0.25) is 11.8 Å². The molecule has 0 aliphatic heterocycles. The number of unbranched alkanes of at least 4 members (excludes halogenated alkanes) is 16. The number of rotatable bonds is 46. The van der Waals surface area contributed by atoms with Crippen LogP contribution >= 0.6 is 46.4 Å². The van der Waals surface area contributed by atoms with Crippen LogP contribution in [0.4, 0.5) is 21.0 Å². The highest BCUT2D eigenvalue weighted by Crippen LogP contribution is 2.31. The second kappa shape index (κ2) is 45.7. The summed E-state index contributed by atoms with van der Waals surface area (Å²) in [5, 5.41) is -0.793. The normalized spacial score (nSPS) is 14.3. The van der Waals surface area contributed by atoms with Crippen molar-refractivity contribution in [2.24, 2.45) is 0 Å². The molecule has 0 fully saturated rings. The molecule has 16 heteroatoms. The van der Waals surface area contributed by atoms with Gasteiger partial charge in [-0.25, -0.2) is 29.0 Å². The molecule has 0 N–H and O–H groups in total. The first-order valence-corrected chi connectivity index (χ1v) is 33.8. The predicted molar refractivity (Wildman–Crippen MR) is 343 cm³/mol. The number of hydrogen-bond acceptors (Lipinski definition) is 10. The maximum Gasteiger partial charge on any atom is 0.421 e. The van der Waals surface area contributed by atoms with Crippen molar-refractivity contribution in [2.45, 2.75) is 313 Å². The van der Waals surface area contributed by atoms with Crippen LogP contribution < -0.4 is 9.80 Å². The number of halogens is 4. The standard InChI is InChI=1S/C67H106Cl4N2O10/c1-9-13-17-21-25-33-54(45-41-50(5)68)80-64(76)58-37-29-31-39-60(58)72(66(78)82-56(47-43-52(7)70)35-27-23-19-15-11-3)62(74)49-63(75)73(67(79)83-57(48-44-53(8)71)36-28-24-20-16-12-4)61-40-32-30-38-59(61)65(77)81-55(46-42-51(6)69)34-26-22-18-14-10-2/h29-32,37-40,50-57H,9-28,33-36,41-49H2,1-8H3. The van der Waals surface area contributed by atoms with Gasteiger partial charge in [-0.05, 0) is 155 Å². The minimum atomic E-state index is -1.12. The summed E-state index contributed by atoms with van der Waals surface area (Å²) < 4.78 is 25.0. The molecule has 0 aromatic heterocycles. The number of carbonyl (C=O) groups is 6. The van der Waals surface area contributed by atoms with Gasteiger partial charge in [0.15, 0.2) is 0 Å². The average Bonchev–Trinajstić information content (AvgIpc) is 3.62. The van der Waals surface area contributed by atoms with Crippen LogP contribution in [-0.4, -0.2) is 81.9 Å². The number of para-hydroxylation sites is 2. The monoisotopic (exact) mass is 1240 g/mol. The average molecular weight is 1240 g/mol. The molecular weight excluding hydrogens is 1130 g/mol. The molecular formula is C67H106Cl4N2O10. The SMILES string of the molecule is CCCCCCCC(CCC(C)Cl)OC(=O)c1ccccc1N(C(=O)CC(=O)N(C(=O)OC(CCCCCCC)CCC(C)Cl)c1ccccc1C(=O)OC(CCCCCCC)CCC(C)Cl)C(=O)OC(CCCCCCC)CCC(C)Cl. The van der Waals surface area contributed by atoms with E-state index in [-0.39, 0.29) is 44.0 Å². The number of nitrogens with zero attached hydrogens (tertiary/aromatic N) is 2. The van der Waals surface area contributed by atoms with Crippen LogP contribution in [0.5, 0.6) is 0 Å². The third-order valence-corrected chi connectivity index (χ3v) is 15.9. The van der Waals surface area contributed by atoms with Gasteiger partial charge in [0.05, 0.1) is 22.5 Å². The Labute approximate surface area is 521 Å². The third-order valence-electron chi connectivity index (χ3n) is 15.0. The van der Waals surface area contributed by atoms with Crippen molar-refractivity contribution in [3.63, 3.8) is 0 Å². The van der Waals surface area contributed by atoms with Gasteiger partial charge >= 0.3 is 24.1 Å². The van der Waals surface area contributed by atoms with Crippen LogP contribution in [0, 0.1) is 0 Å². The van der Waals surface area contributed by atoms with E-state index in [1.807, 2.05) is 27.7 Å². The molecule has 0 radical (unpaired) electrons. The number of anilines is 2. The van der Waals surface area contributed by atoms with E-state index in [2.05, 4.69) is 27.7 Å². The summed E-state index contributed by atoms with van der Waals surface area (Å²) in [6, 6.07) is 12.2. The number of alkyl halides is 4. The zero-order chi connectivity index (χ0) is 61.4. The zero-order valence-corrected chi connectivity index (χ0v) is 55.1.